The van der Waals surface area contributed by atoms with Crippen LogP contribution in [0, 0.1) is 5.41 Å². The van der Waals surface area contributed by atoms with Gasteiger partial charge in [-0.15, -0.1) is 0 Å². The minimum Gasteiger partial charge on any atom is -0.326 e. The zero-order valence-corrected chi connectivity index (χ0v) is 9.11. The lowest BCUT2D eigenvalue weighted by atomic mass is 9.80. The minimum absolute atomic E-state index is 0.154. The molecule has 2 heteroatoms. The molecule has 1 N–H and O–H groups in total. The minimum atomic E-state index is 0.154. The van der Waals surface area contributed by atoms with Gasteiger partial charge in [0.25, 0.3) is 0 Å². The molecule has 0 bridgehead atoms. The summed E-state index contributed by atoms with van der Waals surface area (Å²) in [4.78, 5) is 11.2. The molecule has 2 rings (SSSR count). The third-order valence-electron chi connectivity index (χ3n) is 3.01. The molecule has 0 unspecified atom stereocenters. The number of hydrogen-bond acceptors (Lipinski definition) is 1. The first-order valence-corrected chi connectivity index (χ1v) is 5.20. The normalized spacial score (nSPS) is 21.9. The molecule has 0 aromatic rings. The van der Waals surface area contributed by atoms with Gasteiger partial charge in [0.05, 0.1) is 6.42 Å². The van der Waals surface area contributed by atoms with Crippen molar-refractivity contribution in [3.05, 3.63) is 22.9 Å². The van der Waals surface area contributed by atoms with Gasteiger partial charge in [0, 0.05) is 5.70 Å². The van der Waals surface area contributed by atoms with Crippen molar-refractivity contribution in [3.8, 4) is 0 Å². The highest BCUT2D eigenvalue weighted by atomic mass is 16.1. The highest BCUT2D eigenvalue weighted by Gasteiger charge is 2.27. The van der Waals surface area contributed by atoms with Gasteiger partial charge in [0.15, 0.2) is 0 Å². The van der Waals surface area contributed by atoms with E-state index in [0.29, 0.717) is 6.42 Å². The molecular weight excluding hydrogens is 174 g/mol. The van der Waals surface area contributed by atoms with E-state index in [9.17, 15) is 4.79 Å². The predicted octanol–water partition coefficient (Wildman–Crippen LogP) is 2.53. The second-order valence-corrected chi connectivity index (χ2v) is 5.16. The third kappa shape index (κ3) is 1.61. The lowest BCUT2D eigenvalue weighted by Gasteiger charge is -2.26. The van der Waals surface area contributed by atoms with Crippen LogP contribution in [0.15, 0.2) is 22.9 Å². The number of hydrogen-bond donors (Lipinski definition) is 1. The first-order valence-electron chi connectivity index (χ1n) is 5.20. The highest BCUT2D eigenvalue weighted by Crippen LogP contribution is 2.37. The molecule has 2 aliphatic rings. The topological polar surface area (TPSA) is 29.1 Å². The van der Waals surface area contributed by atoms with Crippen LogP contribution in [0.1, 0.15) is 40.0 Å². The van der Waals surface area contributed by atoms with Crippen LogP contribution in [-0.4, -0.2) is 5.91 Å². The molecule has 1 aliphatic heterocycles. The molecule has 0 saturated carbocycles. The summed E-state index contributed by atoms with van der Waals surface area (Å²) >= 11 is 0. The Morgan fingerprint density at radius 3 is 2.64 bits per heavy atom. The van der Waals surface area contributed by atoms with Crippen molar-refractivity contribution in [1.82, 2.24) is 5.32 Å². The summed E-state index contributed by atoms with van der Waals surface area (Å²) < 4.78 is 0. The van der Waals surface area contributed by atoms with Crippen LogP contribution in [0.4, 0.5) is 0 Å². The molecule has 0 atom stereocenters. The van der Waals surface area contributed by atoms with Crippen LogP contribution >= 0.6 is 0 Å². The van der Waals surface area contributed by atoms with E-state index in [2.05, 4.69) is 32.2 Å². The summed E-state index contributed by atoms with van der Waals surface area (Å²) in [6, 6.07) is 0. The van der Waals surface area contributed by atoms with Gasteiger partial charge >= 0.3 is 0 Å². The van der Waals surface area contributed by atoms with Crippen LogP contribution in [0.3, 0.4) is 0 Å². The molecule has 0 fully saturated rings. The fraction of sp³-hybridized carbons (Fsp3) is 0.583. The third-order valence-corrected chi connectivity index (χ3v) is 3.01. The van der Waals surface area contributed by atoms with E-state index in [1.165, 1.54) is 11.1 Å². The van der Waals surface area contributed by atoms with E-state index in [4.69, 9.17) is 0 Å². The van der Waals surface area contributed by atoms with Gasteiger partial charge in [-0.1, -0.05) is 26.3 Å². The molecule has 1 heterocycles. The molecule has 0 spiro atoms. The zero-order chi connectivity index (χ0) is 10.3. The second-order valence-electron chi connectivity index (χ2n) is 5.16. The Balaban J connectivity index is 2.27. The summed E-state index contributed by atoms with van der Waals surface area (Å²) in [5, 5.41) is 2.92. The quantitative estimate of drug-likeness (QED) is 0.626. The zero-order valence-electron chi connectivity index (χ0n) is 9.11. The molecule has 0 aromatic carbocycles. The standard InChI is InChI=1S/C12H17NO/c1-12(2,3)9-5-4-8-6-11(14)13-10(8)7-9/h7H,4-6H2,1-3H3,(H,13,14). The maximum absolute atomic E-state index is 11.2. The van der Waals surface area contributed by atoms with Crippen LogP contribution in [0.2, 0.25) is 0 Å². The fourth-order valence-corrected chi connectivity index (χ4v) is 2.06. The van der Waals surface area contributed by atoms with Crippen LogP contribution in [0.5, 0.6) is 0 Å². The monoisotopic (exact) mass is 191 g/mol. The Kier molecular flexibility index (Phi) is 2.02. The lowest BCUT2D eigenvalue weighted by molar-refractivity contribution is -0.118. The molecule has 14 heavy (non-hydrogen) atoms. The maximum atomic E-state index is 11.2. The number of carbonyl (C=O) groups excluding carboxylic acids is 1. The van der Waals surface area contributed by atoms with Crippen molar-refractivity contribution in [1.29, 1.82) is 0 Å². The van der Waals surface area contributed by atoms with E-state index in [1.807, 2.05) is 0 Å². The van der Waals surface area contributed by atoms with Crippen molar-refractivity contribution in [2.75, 3.05) is 0 Å². The average molecular weight is 191 g/mol. The van der Waals surface area contributed by atoms with Crippen molar-refractivity contribution in [2.24, 2.45) is 5.41 Å². The number of rotatable bonds is 0. The number of amides is 1. The van der Waals surface area contributed by atoms with Crippen LogP contribution in [0.25, 0.3) is 0 Å². The summed E-state index contributed by atoms with van der Waals surface area (Å²) in [7, 11) is 0. The SMILES string of the molecule is CC(C)(C)C1=CC2=C(CC1)CC(=O)N2. The molecule has 2 nitrogen and oxygen atoms in total. The van der Waals surface area contributed by atoms with E-state index in [-0.39, 0.29) is 11.3 Å². The largest absolute Gasteiger partial charge is 0.326 e. The molecule has 0 radical (unpaired) electrons. The molecule has 1 aliphatic carbocycles. The Hall–Kier alpha value is -1.05. The van der Waals surface area contributed by atoms with Gasteiger partial charge in [0.2, 0.25) is 5.91 Å². The smallest absolute Gasteiger partial charge is 0.228 e. The molecule has 0 saturated heterocycles. The Morgan fingerprint density at radius 1 is 1.29 bits per heavy atom. The van der Waals surface area contributed by atoms with Crippen molar-refractivity contribution in [3.63, 3.8) is 0 Å². The van der Waals surface area contributed by atoms with Crippen LogP contribution in [-0.2, 0) is 4.79 Å². The maximum Gasteiger partial charge on any atom is 0.228 e. The van der Waals surface area contributed by atoms with Crippen molar-refractivity contribution < 1.29 is 4.79 Å². The van der Waals surface area contributed by atoms with Gasteiger partial charge in [0.1, 0.15) is 0 Å². The Labute approximate surface area is 85.1 Å². The van der Waals surface area contributed by atoms with E-state index < -0.39 is 0 Å². The van der Waals surface area contributed by atoms with Gasteiger partial charge in [-0.2, -0.15) is 0 Å². The number of nitrogens with one attached hydrogen (secondary N) is 1. The lowest BCUT2D eigenvalue weighted by Crippen LogP contribution is -2.17. The summed E-state index contributed by atoms with van der Waals surface area (Å²) in [5.41, 5.74) is 4.04. The molecule has 76 valence electrons. The highest BCUT2D eigenvalue weighted by molar-refractivity contribution is 5.85. The van der Waals surface area contributed by atoms with Gasteiger partial charge < -0.3 is 5.32 Å². The average Bonchev–Trinajstić information content (AvgIpc) is 2.41. The van der Waals surface area contributed by atoms with Gasteiger partial charge in [-0.25, -0.2) is 0 Å². The van der Waals surface area contributed by atoms with E-state index in [1.54, 1.807) is 0 Å². The van der Waals surface area contributed by atoms with Crippen molar-refractivity contribution >= 4 is 5.91 Å². The first kappa shape index (κ1) is 9.50. The van der Waals surface area contributed by atoms with Gasteiger partial charge in [-0.05, 0) is 29.9 Å². The summed E-state index contributed by atoms with van der Waals surface area (Å²) in [6.07, 6.45) is 4.95. The summed E-state index contributed by atoms with van der Waals surface area (Å²) in [6.45, 7) is 6.67. The number of carbonyl (C=O) groups is 1. The molecular formula is C12H17NO. The fourth-order valence-electron chi connectivity index (χ4n) is 2.06. The first-order chi connectivity index (χ1) is 6.47. The molecule has 0 aromatic heterocycles. The van der Waals surface area contributed by atoms with E-state index >= 15 is 0 Å². The predicted molar refractivity (Wildman–Crippen MR) is 56.6 cm³/mol. The van der Waals surface area contributed by atoms with Crippen LogP contribution < -0.4 is 5.32 Å². The number of allylic oxidation sites excluding steroid dienone is 2. The summed E-state index contributed by atoms with van der Waals surface area (Å²) in [5.74, 6) is 0.154. The Bertz CT molecular complexity index is 342. The van der Waals surface area contributed by atoms with Crippen molar-refractivity contribution in [2.45, 2.75) is 40.0 Å². The van der Waals surface area contributed by atoms with E-state index in [0.717, 1.165) is 18.5 Å². The second kappa shape index (κ2) is 2.97. The Morgan fingerprint density at radius 2 is 2.00 bits per heavy atom. The molecule has 1 amide bonds. The van der Waals surface area contributed by atoms with Gasteiger partial charge in [-0.3, -0.25) is 4.79 Å².